The van der Waals surface area contributed by atoms with Crippen molar-refractivity contribution in [3.63, 3.8) is 0 Å². The smallest absolute Gasteiger partial charge is 0.417 e. The first-order valence-electron chi connectivity index (χ1n) is 5.05. The fourth-order valence-corrected chi connectivity index (χ4v) is 1.37. The van der Waals surface area contributed by atoms with Crippen molar-refractivity contribution in [2.75, 3.05) is 12.8 Å². The van der Waals surface area contributed by atoms with Crippen LogP contribution in [0.15, 0.2) is 24.3 Å². The zero-order chi connectivity index (χ0) is 13.8. The number of ether oxygens (including phenoxy) is 1. The Labute approximate surface area is 102 Å². The molecule has 0 saturated carbocycles. The van der Waals surface area contributed by atoms with Gasteiger partial charge in [0.2, 0.25) is 0 Å². The van der Waals surface area contributed by atoms with Gasteiger partial charge in [0.1, 0.15) is 0 Å². The quantitative estimate of drug-likeness (QED) is 0.670. The summed E-state index contributed by atoms with van der Waals surface area (Å²) < 4.78 is 42.5. The lowest BCUT2D eigenvalue weighted by Crippen LogP contribution is -2.09. The summed E-state index contributed by atoms with van der Waals surface area (Å²) in [6.07, 6.45) is -2.13. The van der Waals surface area contributed by atoms with E-state index in [0.717, 1.165) is 6.07 Å². The molecule has 0 saturated heterocycles. The number of nitrogen functional groups attached to an aromatic ring is 1. The highest BCUT2D eigenvalue weighted by Crippen LogP contribution is 2.34. The first-order chi connectivity index (χ1) is 8.36. The molecule has 18 heavy (non-hydrogen) atoms. The van der Waals surface area contributed by atoms with Gasteiger partial charge in [0.15, 0.2) is 0 Å². The average molecular weight is 259 g/mol. The molecule has 0 aliphatic carbocycles. The van der Waals surface area contributed by atoms with Crippen molar-refractivity contribution < 1.29 is 22.7 Å². The Kier molecular flexibility index (Phi) is 4.36. The molecule has 0 unspecified atom stereocenters. The van der Waals surface area contributed by atoms with Crippen molar-refractivity contribution in [3.8, 4) is 0 Å². The average Bonchev–Trinajstić information content (AvgIpc) is 2.29. The molecule has 0 fully saturated rings. The number of carbonyl (C=O) groups is 1. The summed E-state index contributed by atoms with van der Waals surface area (Å²) >= 11 is 0. The van der Waals surface area contributed by atoms with Gasteiger partial charge < -0.3 is 10.5 Å². The summed E-state index contributed by atoms with van der Waals surface area (Å²) in [7, 11) is 1.20. The topological polar surface area (TPSA) is 52.3 Å². The Balaban J connectivity index is 3.04. The fraction of sp³-hybridized carbons (Fsp3) is 0.250. The number of hydrogen-bond acceptors (Lipinski definition) is 3. The van der Waals surface area contributed by atoms with E-state index in [0.29, 0.717) is 0 Å². The maximum absolute atomic E-state index is 12.7. The van der Waals surface area contributed by atoms with E-state index < -0.39 is 17.7 Å². The second-order valence-electron chi connectivity index (χ2n) is 3.49. The molecule has 1 aromatic rings. The third-order valence-electron chi connectivity index (χ3n) is 2.24. The molecule has 2 N–H and O–H groups in total. The van der Waals surface area contributed by atoms with Crippen LogP contribution in [0, 0.1) is 0 Å². The number of halogens is 3. The summed E-state index contributed by atoms with van der Waals surface area (Å²) in [5, 5.41) is 0. The molecule has 0 heterocycles. The van der Waals surface area contributed by atoms with Crippen LogP contribution in [-0.2, 0) is 15.7 Å². The van der Waals surface area contributed by atoms with Crippen LogP contribution in [0.1, 0.15) is 17.5 Å². The van der Waals surface area contributed by atoms with Crippen LogP contribution in [-0.4, -0.2) is 13.1 Å². The summed E-state index contributed by atoms with van der Waals surface area (Å²) in [5.74, 6) is -0.533. The van der Waals surface area contributed by atoms with E-state index >= 15 is 0 Å². The van der Waals surface area contributed by atoms with Gasteiger partial charge in [-0.05, 0) is 12.1 Å². The molecule has 0 radical (unpaired) electrons. The minimum Gasteiger partial charge on any atom is -0.469 e. The molecular weight excluding hydrogens is 247 g/mol. The number of carbonyl (C=O) groups excluding carboxylic acids is 1. The van der Waals surface area contributed by atoms with Crippen molar-refractivity contribution in [1.82, 2.24) is 0 Å². The number of hydrogen-bond donors (Lipinski definition) is 1. The van der Waals surface area contributed by atoms with E-state index in [1.165, 1.54) is 31.4 Å². The van der Waals surface area contributed by atoms with Crippen molar-refractivity contribution in [1.29, 1.82) is 0 Å². The molecule has 6 heteroatoms. The minimum absolute atomic E-state index is 0.00550. The van der Waals surface area contributed by atoms with Gasteiger partial charge in [-0.25, -0.2) is 0 Å². The maximum atomic E-state index is 12.7. The zero-order valence-corrected chi connectivity index (χ0v) is 9.62. The van der Waals surface area contributed by atoms with Gasteiger partial charge in [-0.2, -0.15) is 13.2 Å². The summed E-state index contributed by atoms with van der Waals surface area (Å²) in [6, 6.07) is 3.54. The highest BCUT2D eigenvalue weighted by molar-refractivity contribution is 5.74. The summed E-state index contributed by atoms with van der Waals surface area (Å²) in [4.78, 5) is 10.8. The third kappa shape index (κ3) is 3.51. The van der Waals surface area contributed by atoms with Gasteiger partial charge in [0, 0.05) is 11.3 Å². The monoisotopic (exact) mass is 259 g/mol. The standard InChI is InChI=1S/C12H12F3NO2/c1-18-11(17)7-2-4-8-9(12(13,14)15)5-3-6-10(8)16/h2-6H,7,16H2,1H3. The van der Waals surface area contributed by atoms with Crippen LogP contribution in [0.5, 0.6) is 0 Å². The summed E-state index contributed by atoms with van der Waals surface area (Å²) in [6.45, 7) is 0. The first kappa shape index (κ1) is 14.1. The van der Waals surface area contributed by atoms with Crippen molar-refractivity contribution in [2.24, 2.45) is 0 Å². The maximum Gasteiger partial charge on any atom is 0.417 e. The molecule has 1 rings (SSSR count). The Morgan fingerprint density at radius 2 is 2.11 bits per heavy atom. The van der Waals surface area contributed by atoms with Gasteiger partial charge in [0.05, 0.1) is 19.1 Å². The number of alkyl halides is 3. The number of benzene rings is 1. The van der Waals surface area contributed by atoms with Crippen molar-refractivity contribution in [3.05, 3.63) is 35.4 Å². The van der Waals surface area contributed by atoms with E-state index in [-0.39, 0.29) is 17.7 Å². The lowest BCUT2D eigenvalue weighted by Gasteiger charge is -2.12. The van der Waals surface area contributed by atoms with Crippen LogP contribution < -0.4 is 5.73 Å². The second-order valence-corrected chi connectivity index (χ2v) is 3.49. The molecule has 0 aromatic heterocycles. The van der Waals surface area contributed by atoms with Crippen molar-refractivity contribution in [2.45, 2.75) is 12.6 Å². The van der Waals surface area contributed by atoms with Crippen LogP contribution in [0.4, 0.5) is 18.9 Å². The Morgan fingerprint density at radius 1 is 1.44 bits per heavy atom. The molecule has 98 valence electrons. The van der Waals surface area contributed by atoms with E-state index in [9.17, 15) is 18.0 Å². The molecule has 0 aliphatic rings. The van der Waals surface area contributed by atoms with Gasteiger partial charge in [-0.3, -0.25) is 4.79 Å². The largest absolute Gasteiger partial charge is 0.469 e. The van der Waals surface area contributed by atoms with Crippen LogP contribution >= 0.6 is 0 Å². The number of methoxy groups -OCH3 is 1. The Bertz CT molecular complexity index is 467. The Morgan fingerprint density at radius 3 is 2.67 bits per heavy atom. The molecule has 0 atom stereocenters. The summed E-state index contributed by atoms with van der Waals surface area (Å²) in [5.41, 5.74) is 4.53. The van der Waals surface area contributed by atoms with Crippen LogP contribution in [0.3, 0.4) is 0 Å². The van der Waals surface area contributed by atoms with Crippen molar-refractivity contribution >= 4 is 17.7 Å². The lowest BCUT2D eigenvalue weighted by molar-refractivity contribution is -0.139. The molecule has 1 aromatic carbocycles. The molecule has 0 bridgehead atoms. The van der Waals surface area contributed by atoms with E-state index in [2.05, 4.69) is 4.74 Å². The van der Waals surface area contributed by atoms with E-state index in [4.69, 9.17) is 5.73 Å². The molecule has 0 spiro atoms. The number of anilines is 1. The highest BCUT2D eigenvalue weighted by atomic mass is 19.4. The molecular formula is C12H12F3NO2. The van der Waals surface area contributed by atoms with Gasteiger partial charge in [0.25, 0.3) is 0 Å². The fourth-order valence-electron chi connectivity index (χ4n) is 1.37. The molecule has 0 amide bonds. The van der Waals surface area contributed by atoms with Crippen LogP contribution in [0.2, 0.25) is 0 Å². The van der Waals surface area contributed by atoms with E-state index in [1.807, 2.05) is 0 Å². The second kappa shape index (κ2) is 5.57. The first-order valence-corrected chi connectivity index (χ1v) is 5.05. The van der Waals surface area contributed by atoms with Gasteiger partial charge >= 0.3 is 12.1 Å². The predicted molar refractivity (Wildman–Crippen MR) is 61.5 cm³/mol. The number of nitrogens with two attached hydrogens (primary N) is 1. The van der Waals surface area contributed by atoms with Gasteiger partial charge in [-0.1, -0.05) is 18.2 Å². The number of rotatable bonds is 3. The number of esters is 1. The highest BCUT2D eigenvalue weighted by Gasteiger charge is 2.33. The normalized spacial score (nSPS) is 11.8. The molecule has 0 aliphatic heterocycles. The SMILES string of the molecule is COC(=O)CC=Cc1c(N)cccc1C(F)(F)F. The van der Waals surface area contributed by atoms with Gasteiger partial charge in [-0.15, -0.1) is 0 Å². The van der Waals surface area contributed by atoms with Crippen LogP contribution in [0.25, 0.3) is 6.08 Å². The van der Waals surface area contributed by atoms with E-state index in [1.54, 1.807) is 0 Å². The minimum atomic E-state index is -4.49. The third-order valence-corrected chi connectivity index (χ3v) is 2.24. The predicted octanol–water partition coefficient (Wildman–Crippen LogP) is 2.86. The molecule has 3 nitrogen and oxygen atoms in total. The Hall–Kier alpha value is -1.98. The zero-order valence-electron chi connectivity index (χ0n) is 9.62. The lowest BCUT2D eigenvalue weighted by atomic mass is 10.0.